The zero-order valence-corrected chi connectivity index (χ0v) is 14.0. The van der Waals surface area contributed by atoms with Crippen LogP contribution in [0, 0.1) is 11.8 Å². The lowest BCUT2D eigenvalue weighted by molar-refractivity contribution is -0.163. The summed E-state index contributed by atoms with van der Waals surface area (Å²) in [7, 11) is -5.85. The average molecular weight is 370 g/mol. The molecule has 1 aliphatic carbocycles. The third-order valence-electron chi connectivity index (χ3n) is 3.78. The lowest BCUT2D eigenvalue weighted by Gasteiger charge is -2.28. The molecule has 1 saturated carbocycles. The van der Waals surface area contributed by atoms with E-state index in [1.54, 1.807) is 0 Å². The van der Waals surface area contributed by atoms with Crippen molar-refractivity contribution in [2.75, 3.05) is 13.2 Å². The molecule has 0 aliphatic heterocycles. The predicted molar refractivity (Wildman–Crippen MR) is 78.7 cm³/mol. The smallest absolute Gasteiger partial charge is 0.462 e. The molecule has 1 aliphatic rings. The van der Waals surface area contributed by atoms with Gasteiger partial charge in [0.15, 0.2) is 0 Å². The highest BCUT2D eigenvalue weighted by Gasteiger charge is 2.54. The van der Waals surface area contributed by atoms with Crippen molar-refractivity contribution in [1.82, 2.24) is 0 Å². The molecule has 0 aromatic rings. The molecule has 0 atom stereocenters. The van der Waals surface area contributed by atoms with Crippen molar-refractivity contribution in [2.45, 2.75) is 37.9 Å². The van der Waals surface area contributed by atoms with E-state index in [9.17, 15) is 26.8 Å². The topological polar surface area (TPSA) is 107 Å². The fourth-order valence-electron chi connectivity index (χ4n) is 2.26. The molecule has 0 aromatic carbocycles. The molecule has 0 radical (unpaired) electrons. The Balaban J connectivity index is 2.35. The van der Waals surface area contributed by atoms with Crippen LogP contribution in [0.5, 0.6) is 0 Å². The van der Waals surface area contributed by atoms with Crippen molar-refractivity contribution < 1.29 is 40.8 Å². The molecule has 10 heteroatoms. The van der Waals surface area contributed by atoms with E-state index in [1.807, 2.05) is 0 Å². The van der Waals surface area contributed by atoms with Gasteiger partial charge in [0.2, 0.25) is 0 Å². The molecule has 0 heterocycles. The van der Waals surface area contributed by atoms with Gasteiger partial charge in [-0.2, -0.15) is 17.2 Å². The van der Waals surface area contributed by atoms with Gasteiger partial charge in [-0.05, 0) is 44.4 Å². The largest absolute Gasteiger partial charge is 0.465 e. The Morgan fingerprint density at radius 3 is 1.92 bits per heavy atom. The van der Waals surface area contributed by atoms with E-state index in [4.69, 9.17) is 9.29 Å². The second-order valence-electron chi connectivity index (χ2n) is 5.86. The van der Waals surface area contributed by atoms with Gasteiger partial charge in [-0.3, -0.25) is 4.55 Å². The van der Waals surface area contributed by atoms with Gasteiger partial charge in [0, 0.05) is 5.57 Å². The van der Waals surface area contributed by atoms with Crippen LogP contribution in [0.2, 0.25) is 0 Å². The standard InChI is InChI=1S/C14H20F2O7S/c1-9(2)12(17)22-7-10-3-5-11(6-4-10)8-23-13(18)14(15,16)24(19,20)21/h10-11H,1,3-8H2,2H3,(H,19,20,21). The van der Waals surface area contributed by atoms with Crippen LogP contribution in [0.1, 0.15) is 32.6 Å². The Labute approximate surface area is 138 Å². The van der Waals surface area contributed by atoms with Gasteiger partial charge in [0.05, 0.1) is 13.2 Å². The Morgan fingerprint density at radius 1 is 1.12 bits per heavy atom. The summed E-state index contributed by atoms with van der Waals surface area (Å²) in [5.74, 6) is -2.83. The predicted octanol–water partition coefficient (Wildman–Crippen LogP) is 1.94. The minimum Gasteiger partial charge on any atom is -0.462 e. The molecule has 0 unspecified atom stereocenters. The van der Waals surface area contributed by atoms with Crippen LogP contribution in [0.25, 0.3) is 0 Å². The lowest BCUT2D eigenvalue weighted by Crippen LogP contribution is -2.39. The maximum atomic E-state index is 13.0. The zero-order chi connectivity index (χ0) is 18.5. The second-order valence-corrected chi connectivity index (χ2v) is 7.32. The van der Waals surface area contributed by atoms with E-state index in [0.29, 0.717) is 31.3 Å². The minimum atomic E-state index is -5.85. The molecule has 0 spiro atoms. The fourth-order valence-corrected chi connectivity index (χ4v) is 2.53. The number of ether oxygens (including phenoxy) is 2. The zero-order valence-electron chi connectivity index (χ0n) is 13.2. The number of carbonyl (C=O) groups is 2. The normalized spacial score (nSPS) is 21.8. The fraction of sp³-hybridized carbons (Fsp3) is 0.714. The van der Waals surface area contributed by atoms with Crippen molar-refractivity contribution in [3.05, 3.63) is 12.2 Å². The molecule has 138 valence electrons. The van der Waals surface area contributed by atoms with Gasteiger partial charge < -0.3 is 9.47 Å². The van der Waals surface area contributed by atoms with Crippen LogP contribution < -0.4 is 0 Å². The molecule has 7 nitrogen and oxygen atoms in total. The molecule has 24 heavy (non-hydrogen) atoms. The average Bonchev–Trinajstić information content (AvgIpc) is 2.49. The number of alkyl halides is 2. The Hall–Kier alpha value is -1.55. The summed E-state index contributed by atoms with van der Waals surface area (Å²) in [5, 5.41) is -4.97. The van der Waals surface area contributed by atoms with Crippen molar-refractivity contribution in [3.8, 4) is 0 Å². The summed E-state index contributed by atoms with van der Waals surface area (Å²) in [6.07, 6.45) is 2.42. The van der Waals surface area contributed by atoms with E-state index in [2.05, 4.69) is 11.3 Å². The first kappa shape index (κ1) is 20.5. The maximum Gasteiger partial charge on any atom is 0.465 e. The van der Waals surface area contributed by atoms with Gasteiger partial charge in [-0.15, -0.1) is 0 Å². The minimum absolute atomic E-state index is 0.125. The molecule has 0 amide bonds. The van der Waals surface area contributed by atoms with E-state index >= 15 is 0 Å². The highest BCUT2D eigenvalue weighted by Crippen LogP contribution is 2.30. The first-order valence-electron chi connectivity index (χ1n) is 7.29. The van der Waals surface area contributed by atoms with Crippen LogP contribution in [-0.4, -0.2) is 43.4 Å². The van der Waals surface area contributed by atoms with Crippen LogP contribution in [0.15, 0.2) is 12.2 Å². The number of halogens is 2. The van der Waals surface area contributed by atoms with Crippen LogP contribution in [0.3, 0.4) is 0 Å². The SMILES string of the molecule is C=C(C)C(=O)OCC1CCC(COC(=O)C(F)(F)S(=O)(=O)O)CC1. The van der Waals surface area contributed by atoms with E-state index in [-0.39, 0.29) is 25.0 Å². The second kappa shape index (κ2) is 8.02. The molecule has 1 fully saturated rings. The number of rotatable bonds is 7. The van der Waals surface area contributed by atoms with Gasteiger partial charge in [0.25, 0.3) is 0 Å². The van der Waals surface area contributed by atoms with Crippen molar-refractivity contribution in [3.63, 3.8) is 0 Å². The van der Waals surface area contributed by atoms with Gasteiger partial charge in [-0.25, -0.2) is 9.59 Å². The molecule has 0 aromatic heterocycles. The van der Waals surface area contributed by atoms with Crippen molar-refractivity contribution in [1.29, 1.82) is 0 Å². The van der Waals surface area contributed by atoms with E-state index in [1.165, 1.54) is 6.92 Å². The summed E-state index contributed by atoms with van der Waals surface area (Å²) in [6, 6.07) is 0. The lowest BCUT2D eigenvalue weighted by atomic mass is 9.83. The third-order valence-corrected chi connectivity index (χ3v) is 4.59. The van der Waals surface area contributed by atoms with E-state index < -0.39 is 27.3 Å². The molecular weight excluding hydrogens is 350 g/mol. The number of carbonyl (C=O) groups excluding carboxylic acids is 2. The van der Waals surface area contributed by atoms with Crippen LogP contribution in [0.4, 0.5) is 8.78 Å². The molecule has 0 saturated heterocycles. The quantitative estimate of drug-likeness (QED) is 0.414. The molecule has 0 bridgehead atoms. The first-order chi connectivity index (χ1) is 10.9. The Morgan fingerprint density at radius 2 is 1.54 bits per heavy atom. The van der Waals surface area contributed by atoms with Gasteiger partial charge in [0.1, 0.15) is 0 Å². The van der Waals surface area contributed by atoms with E-state index in [0.717, 1.165) is 0 Å². The highest BCUT2D eigenvalue weighted by atomic mass is 32.2. The van der Waals surface area contributed by atoms with Crippen molar-refractivity contribution >= 4 is 22.1 Å². The van der Waals surface area contributed by atoms with Gasteiger partial charge in [-0.1, -0.05) is 6.58 Å². The number of hydrogen-bond donors (Lipinski definition) is 1. The van der Waals surface area contributed by atoms with Crippen molar-refractivity contribution in [2.24, 2.45) is 11.8 Å². The third kappa shape index (κ3) is 5.52. The Kier molecular flexibility index (Phi) is 6.85. The summed E-state index contributed by atoms with van der Waals surface area (Å²) < 4.78 is 64.5. The summed E-state index contributed by atoms with van der Waals surface area (Å²) >= 11 is 0. The number of hydrogen-bond acceptors (Lipinski definition) is 6. The monoisotopic (exact) mass is 370 g/mol. The summed E-state index contributed by atoms with van der Waals surface area (Å²) in [4.78, 5) is 22.4. The maximum absolute atomic E-state index is 13.0. The molecule has 1 rings (SSSR count). The number of esters is 2. The Bertz CT molecular complexity index is 592. The van der Waals surface area contributed by atoms with Crippen LogP contribution >= 0.6 is 0 Å². The molecular formula is C14H20F2O7S. The van der Waals surface area contributed by atoms with Crippen LogP contribution in [-0.2, 0) is 29.2 Å². The first-order valence-corrected chi connectivity index (χ1v) is 8.73. The highest BCUT2D eigenvalue weighted by molar-refractivity contribution is 7.87. The summed E-state index contributed by atoms with van der Waals surface area (Å²) in [6.45, 7) is 4.88. The molecule has 1 N–H and O–H groups in total. The van der Waals surface area contributed by atoms with Gasteiger partial charge >= 0.3 is 27.3 Å². The summed E-state index contributed by atoms with van der Waals surface area (Å²) in [5.41, 5.74) is 0.301.